The Bertz CT molecular complexity index is 1740. The van der Waals surface area contributed by atoms with Crippen molar-refractivity contribution in [2.24, 2.45) is 0 Å². The summed E-state index contributed by atoms with van der Waals surface area (Å²) in [5.41, 5.74) is 3.25. The first-order chi connectivity index (χ1) is 22.4. The maximum Gasteiger partial charge on any atom is 0.317 e. The van der Waals surface area contributed by atoms with Crippen LogP contribution in [0.5, 0.6) is 5.75 Å². The van der Waals surface area contributed by atoms with Crippen LogP contribution in [0.3, 0.4) is 0 Å². The van der Waals surface area contributed by atoms with Gasteiger partial charge in [-0.25, -0.2) is 18.2 Å². The Morgan fingerprint density at radius 2 is 1.81 bits per heavy atom. The Kier molecular flexibility index (Phi) is 10.8. The molecule has 0 aliphatic carbocycles. The van der Waals surface area contributed by atoms with E-state index < -0.39 is 15.1 Å². The van der Waals surface area contributed by atoms with Gasteiger partial charge in [-0.15, -0.1) is 0 Å². The standard InChI is InChI=1S/C33H42IN7O5S/c1-6-35-33(43)40-13-11-24(12-14-40)41-19-22-15-28(46-20(2)3)27(16-25(22)31(41)42)38-32-36-18-23(17-34)30(39-32)37-26-9-7-8-10-29(26)47(44,45)21(4)5/h7-10,15-16,18,20-21,24H,6,11-14,17,19H2,1-5H3,(H,35,43)(H2,36,37,38,39). The number of fused-ring (bicyclic) bond motifs is 1. The fourth-order valence-electron chi connectivity index (χ4n) is 5.74. The number of piperidine rings is 1. The van der Waals surface area contributed by atoms with Crippen molar-refractivity contribution in [3.63, 3.8) is 0 Å². The van der Waals surface area contributed by atoms with Crippen LogP contribution in [0.4, 0.5) is 27.9 Å². The number of para-hydroxylation sites is 1. The second-order valence-corrected chi connectivity index (χ2v) is 15.4. The molecule has 12 nitrogen and oxygen atoms in total. The van der Waals surface area contributed by atoms with E-state index in [-0.39, 0.29) is 34.9 Å². The number of anilines is 4. The second kappa shape index (κ2) is 14.6. The molecule has 0 bridgehead atoms. The first-order valence-corrected chi connectivity index (χ1v) is 19.0. The molecule has 5 rings (SSSR count). The van der Waals surface area contributed by atoms with Crippen molar-refractivity contribution in [1.82, 2.24) is 25.1 Å². The molecular formula is C33H42IN7O5S. The lowest BCUT2D eigenvalue weighted by molar-refractivity contribution is 0.0622. The molecule has 3 aromatic rings. The highest BCUT2D eigenvalue weighted by molar-refractivity contribution is 14.1. The predicted molar refractivity (Wildman–Crippen MR) is 191 cm³/mol. The third-order valence-electron chi connectivity index (χ3n) is 8.24. The lowest BCUT2D eigenvalue weighted by atomic mass is 10.0. The molecular weight excluding hydrogens is 733 g/mol. The van der Waals surface area contributed by atoms with Crippen molar-refractivity contribution in [2.75, 3.05) is 30.3 Å². The van der Waals surface area contributed by atoms with Gasteiger partial charge in [-0.3, -0.25) is 4.79 Å². The fraction of sp³-hybridized carbons (Fsp3) is 0.455. The van der Waals surface area contributed by atoms with E-state index in [1.807, 2.05) is 31.7 Å². The Labute approximate surface area is 290 Å². The Morgan fingerprint density at radius 1 is 1.09 bits per heavy atom. The summed E-state index contributed by atoms with van der Waals surface area (Å²) in [6.07, 6.45) is 3.00. The van der Waals surface area contributed by atoms with Gasteiger partial charge in [0.1, 0.15) is 11.6 Å². The van der Waals surface area contributed by atoms with Crippen molar-refractivity contribution < 1.29 is 22.7 Å². The Balaban J connectivity index is 1.41. The number of aromatic nitrogens is 2. The zero-order valence-corrected chi connectivity index (χ0v) is 30.3. The van der Waals surface area contributed by atoms with Crippen LogP contribution in [0, 0.1) is 0 Å². The minimum atomic E-state index is -3.55. The van der Waals surface area contributed by atoms with Crippen LogP contribution in [0.25, 0.3) is 0 Å². The highest BCUT2D eigenvalue weighted by Gasteiger charge is 2.36. The molecule has 2 aliphatic heterocycles. The number of rotatable bonds is 11. The number of hydrogen-bond donors (Lipinski definition) is 3. The van der Waals surface area contributed by atoms with Crippen molar-refractivity contribution in [3.05, 3.63) is 59.3 Å². The number of benzene rings is 2. The van der Waals surface area contributed by atoms with Gasteiger partial charge >= 0.3 is 6.03 Å². The summed E-state index contributed by atoms with van der Waals surface area (Å²) >= 11 is 2.22. The molecule has 2 aliphatic rings. The number of alkyl halides is 1. The van der Waals surface area contributed by atoms with Gasteiger partial charge in [0.2, 0.25) is 5.95 Å². The fourth-order valence-corrected chi connectivity index (χ4v) is 7.50. The number of nitrogens with zero attached hydrogens (tertiary/aromatic N) is 4. The van der Waals surface area contributed by atoms with E-state index in [2.05, 4.69) is 43.5 Å². The van der Waals surface area contributed by atoms with Gasteiger partial charge in [0, 0.05) is 54.0 Å². The van der Waals surface area contributed by atoms with Gasteiger partial charge in [-0.05, 0) is 77.3 Å². The van der Waals surface area contributed by atoms with E-state index >= 15 is 0 Å². The smallest absolute Gasteiger partial charge is 0.317 e. The van der Waals surface area contributed by atoms with Crippen molar-refractivity contribution in [1.29, 1.82) is 0 Å². The number of ether oxygens (including phenoxy) is 1. The highest BCUT2D eigenvalue weighted by Crippen LogP contribution is 2.38. The second-order valence-electron chi connectivity index (χ2n) is 12.2. The number of sulfone groups is 1. The van der Waals surface area contributed by atoms with Crippen LogP contribution in [-0.2, 0) is 20.8 Å². The summed E-state index contributed by atoms with van der Waals surface area (Å²) in [6.45, 7) is 11.3. The molecule has 2 aromatic carbocycles. The van der Waals surface area contributed by atoms with E-state index in [1.54, 1.807) is 55.3 Å². The number of hydrogen-bond acceptors (Lipinski definition) is 9. The third-order valence-corrected chi connectivity index (χ3v) is 11.3. The lowest BCUT2D eigenvalue weighted by Crippen LogP contribution is -2.49. The van der Waals surface area contributed by atoms with E-state index in [9.17, 15) is 18.0 Å². The molecule has 14 heteroatoms. The van der Waals surface area contributed by atoms with Gasteiger partial charge in [-0.1, -0.05) is 34.7 Å². The summed E-state index contributed by atoms with van der Waals surface area (Å²) in [7, 11) is -3.55. The van der Waals surface area contributed by atoms with Gasteiger partial charge in [-0.2, -0.15) is 4.98 Å². The summed E-state index contributed by atoms with van der Waals surface area (Å²) in [5.74, 6) is 1.25. The average Bonchev–Trinajstić information content (AvgIpc) is 3.36. The Hall–Kier alpha value is -3.66. The number of carbonyl (C=O) groups is 2. The lowest BCUT2D eigenvalue weighted by Gasteiger charge is -2.36. The quantitative estimate of drug-likeness (QED) is 0.157. The predicted octanol–water partition coefficient (Wildman–Crippen LogP) is 6.02. The molecule has 47 heavy (non-hydrogen) atoms. The van der Waals surface area contributed by atoms with E-state index in [1.165, 1.54) is 0 Å². The largest absolute Gasteiger partial charge is 0.489 e. The first-order valence-electron chi connectivity index (χ1n) is 15.9. The minimum absolute atomic E-state index is 0.0339. The van der Waals surface area contributed by atoms with E-state index in [0.717, 1.165) is 11.1 Å². The first kappa shape index (κ1) is 34.7. The van der Waals surface area contributed by atoms with Crippen molar-refractivity contribution in [3.8, 4) is 5.75 Å². The molecule has 0 atom stereocenters. The number of likely N-dealkylation sites (tertiary alicyclic amines) is 1. The van der Waals surface area contributed by atoms with Gasteiger partial charge < -0.3 is 30.5 Å². The van der Waals surface area contributed by atoms with Crippen LogP contribution in [0.1, 0.15) is 68.9 Å². The number of urea groups is 1. The maximum absolute atomic E-state index is 13.7. The van der Waals surface area contributed by atoms with Crippen molar-refractivity contribution in [2.45, 2.75) is 80.7 Å². The number of halogens is 1. The van der Waals surface area contributed by atoms with Crippen LogP contribution in [0.15, 0.2) is 47.5 Å². The van der Waals surface area contributed by atoms with Gasteiger partial charge in [0.05, 0.1) is 27.6 Å². The molecule has 3 heterocycles. The van der Waals surface area contributed by atoms with Crippen molar-refractivity contribution >= 4 is 67.5 Å². The maximum atomic E-state index is 13.7. The van der Waals surface area contributed by atoms with Gasteiger partial charge in [0.25, 0.3) is 5.91 Å². The minimum Gasteiger partial charge on any atom is -0.489 e. The molecule has 0 unspecified atom stereocenters. The van der Waals surface area contributed by atoms with Crippen LogP contribution < -0.4 is 20.7 Å². The van der Waals surface area contributed by atoms with E-state index in [4.69, 9.17) is 9.72 Å². The Morgan fingerprint density at radius 3 is 2.47 bits per heavy atom. The van der Waals surface area contributed by atoms with Crippen LogP contribution >= 0.6 is 22.6 Å². The zero-order valence-electron chi connectivity index (χ0n) is 27.3. The number of carbonyl (C=O) groups excluding carboxylic acids is 2. The molecule has 252 valence electrons. The van der Waals surface area contributed by atoms with Crippen LogP contribution in [0.2, 0.25) is 0 Å². The van der Waals surface area contributed by atoms with Gasteiger partial charge in [0.15, 0.2) is 9.84 Å². The summed E-state index contributed by atoms with van der Waals surface area (Å²) in [5, 5.41) is 8.77. The van der Waals surface area contributed by atoms with E-state index in [0.29, 0.717) is 72.0 Å². The average molecular weight is 776 g/mol. The third kappa shape index (κ3) is 7.58. The molecule has 1 saturated heterocycles. The zero-order chi connectivity index (χ0) is 33.9. The molecule has 1 fully saturated rings. The topological polar surface area (TPSA) is 146 Å². The number of amides is 3. The number of nitrogens with one attached hydrogen (secondary N) is 3. The summed E-state index contributed by atoms with van der Waals surface area (Å²) in [4.78, 5) is 39.2. The molecule has 0 spiro atoms. The highest BCUT2D eigenvalue weighted by atomic mass is 127. The summed E-state index contributed by atoms with van der Waals surface area (Å²) in [6, 6.07) is 10.5. The molecule has 3 amide bonds. The monoisotopic (exact) mass is 775 g/mol. The SMILES string of the molecule is CCNC(=O)N1CCC(N2Cc3cc(OC(C)C)c(Nc4ncc(CI)c(Nc5ccccc5S(=O)(=O)C(C)C)n4)cc3C2=O)CC1. The van der Waals surface area contributed by atoms with Crippen LogP contribution in [-0.4, -0.2) is 77.2 Å². The normalized spacial score (nSPS) is 15.3. The summed E-state index contributed by atoms with van der Waals surface area (Å²) < 4.78 is 33.0. The molecule has 0 radical (unpaired) electrons. The molecule has 1 aromatic heterocycles. The molecule has 0 saturated carbocycles. The molecule has 3 N–H and O–H groups in total.